The maximum absolute atomic E-state index is 5.71. The number of halogens is 3. The second-order valence-electron chi connectivity index (χ2n) is 2.30. The van der Waals surface area contributed by atoms with Gasteiger partial charge < -0.3 is 0 Å². The molecule has 0 bridgehead atoms. The molecule has 0 aliphatic rings. The van der Waals surface area contributed by atoms with E-state index >= 15 is 0 Å². The molecule has 0 nitrogen and oxygen atoms in total. The zero-order valence-corrected chi connectivity index (χ0v) is 9.04. The van der Waals surface area contributed by atoms with Gasteiger partial charge in [0.1, 0.15) is 4.84 Å². The highest BCUT2D eigenvalue weighted by molar-refractivity contribution is 9.10. The summed E-state index contributed by atoms with van der Waals surface area (Å²) in [6.45, 7) is 1.98. The highest BCUT2D eigenvalue weighted by Gasteiger charge is 2.05. The molecule has 0 spiro atoms. The minimum absolute atomic E-state index is 0.428. The van der Waals surface area contributed by atoms with Gasteiger partial charge in [-0.05, 0) is 30.2 Å². The molecule has 3 heteroatoms. The SMILES string of the molecule is Cc1cc(Br)ccc1C(Cl)Cl. The summed E-state index contributed by atoms with van der Waals surface area (Å²) >= 11 is 14.8. The molecule has 0 fully saturated rings. The first-order chi connectivity index (χ1) is 5.11. The van der Waals surface area contributed by atoms with E-state index in [-0.39, 0.29) is 0 Å². The summed E-state index contributed by atoms with van der Waals surface area (Å²) in [5.74, 6) is 0. The van der Waals surface area contributed by atoms with Crippen LogP contribution in [0.2, 0.25) is 0 Å². The Labute approximate surface area is 84.6 Å². The molecule has 0 heterocycles. The van der Waals surface area contributed by atoms with Gasteiger partial charge in [-0.2, -0.15) is 0 Å². The summed E-state index contributed by atoms with van der Waals surface area (Å²) in [4.78, 5) is -0.428. The zero-order valence-electron chi connectivity index (χ0n) is 5.94. The van der Waals surface area contributed by atoms with Gasteiger partial charge >= 0.3 is 0 Å². The van der Waals surface area contributed by atoms with E-state index in [1.807, 2.05) is 25.1 Å². The summed E-state index contributed by atoms with van der Waals surface area (Å²) in [6, 6.07) is 5.84. The normalized spacial score (nSPS) is 10.6. The maximum Gasteiger partial charge on any atom is 0.133 e. The number of hydrogen-bond acceptors (Lipinski definition) is 0. The van der Waals surface area contributed by atoms with Gasteiger partial charge in [-0.3, -0.25) is 0 Å². The molecule has 0 atom stereocenters. The summed E-state index contributed by atoms with van der Waals surface area (Å²) in [5, 5.41) is 0. The lowest BCUT2D eigenvalue weighted by atomic mass is 10.1. The van der Waals surface area contributed by atoms with Crippen LogP contribution in [0.3, 0.4) is 0 Å². The van der Waals surface area contributed by atoms with Crippen molar-refractivity contribution in [2.24, 2.45) is 0 Å². The molecule has 0 aliphatic heterocycles. The predicted molar refractivity (Wildman–Crippen MR) is 53.3 cm³/mol. The van der Waals surface area contributed by atoms with Crippen molar-refractivity contribution in [1.82, 2.24) is 0 Å². The molecule has 11 heavy (non-hydrogen) atoms. The smallest absolute Gasteiger partial charge is 0.100 e. The van der Waals surface area contributed by atoms with Crippen LogP contribution in [0.5, 0.6) is 0 Å². The minimum Gasteiger partial charge on any atom is -0.100 e. The van der Waals surface area contributed by atoms with E-state index in [0.717, 1.165) is 15.6 Å². The zero-order chi connectivity index (χ0) is 8.43. The quantitative estimate of drug-likeness (QED) is 0.657. The molecular formula is C8H7BrCl2. The topological polar surface area (TPSA) is 0 Å². The lowest BCUT2D eigenvalue weighted by Gasteiger charge is -2.05. The third kappa shape index (κ3) is 2.36. The summed E-state index contributed by atoms with van der Waals surface area (Å²) in [6.07, 6.45) is 0. The van der Waals surface area contributed by atoms with Crippen molar-refractivity contribution in [2.75, 3.05) is 0 Å². The van der Waals surface area contributed by atoms with Gasteiger partial charge in [-0.15, -0.1) is 23.2 Å². The number of benzene rings is 1. The van der Waals surface area contributed by atoms with Gasteiger partial charge in [0, 0.05) is 4.47 Å². The van der Waals surface area contributed by atoms with Crippen molar-refractivity contribution < 1.29 is 0 Å². The molecule has 1 rings (SSSR count). The van der Waals surface area contributed by atoms with Crippen molar-refractivity contribution in [3.05, 3.63) is 33.8 Å². The summed E-state index contributed by atoms with van der Waals surface area (Å²) in [7, 11) is 0. The Balaban J connectivity index is 3.09. The van der Waals surface area contributed by atoms with Gasteiger partial charge in [0.2, 0.25) is 0 Å². The molecule has 0 amide bonds. The standard InChI is InChI=1S/C8H7BrCl2/c1-5-4-6(9)2-3-7(5)8(10)11/h2-4,8H,1H3. The van der Waals surface area contributed by atoms with Crippen LogP contribution in [0, 0.1) is 6.92 Å². The molecule has 0 unspecified atom stereocenters. The monoisotopic (exact) mass is 252 g/mol. The van der Waals surface area contributed by atoms with Gasteiger partial charge in [0.15, 0.2) is 0 Å². The van der Waals surface area contributed by atoms with Crippen molar-refractivity contribution >= 4 is 39.1 Å². The van der Waals surface area contributed by atoms with Gasteiger partial charge in [0.05, 0.1) is 0 Å². The predicted octanol–water partition coefficient (Wildman–Crippen LogP) is 4.23. The average molecular weight is 254 g/mol. The Morgan fingerprint density at radius 2 is 2.00 bits per heavy atom. The highest BCUT2D eigenvalue weighted by Crippen LogP contribution is 2.28. The highest BCUT2D eigenvalue weighted by atomic mass is 79.9. The second-order valence-corrected chi connectivity index (χ2v) is 4.31. The van der Waals surface area contributed by atoms with Crippen molar-refractivity contribution in [3.8, 4) is 0 Å². The molecule has 0 aromatic heterocycles. The summed E-state index contributed by atoms with van der Waals surface area (Å²) < 4.78 is 1.05. The fourth-order valence-corrected chi connectivity index (χ4v) is 1.85. The van der Waals surface area contributed by atoms with Crippen LogP contribution in [0.1, 0.15) is 16.0 Å². The molecule has 0 N–H and O–H groups in total. The number of alkyl halides is 2. The van der Waals surface area contributed by atoms with Crippen LogP contribution < -0.4 is 0 Å². The number of rotatable bonds is 1. The molecule has 0 saturated heterocycles. The van der Waals surface area contributed by atoms with Crippen LogP contribution >= 0.6 is 39.1 Å². The third-order valence-corrected chi connectivity index (χ3v) is 2.43. The first kappa shape index (κ1) is 9.37. The largest absolute Gasteiger partial charge is 0.133 e. The Hall–Kier alpha value is 0.280. The molecule has 0 saturated carbocycles. The molecule has 1 aromatic carbocycles. The van der Waals surface area contributed by atoms with Crippen molar-refractivity contribution in [1.29, 1.82) is 0 Å². The van der Waals surface area contributed by atoms with E-state index in [0.29, 0.717) is 0 Å². The third-order valence-electron chi connectivity index (χ3n) is 1.47. The van der Waals surface area contributed by atoms with E-state index < -0.39 is 4.84 Å². The van der Waals surface area contributed by atoms with Gasteiger partial charge in [-0.1, -0.05) is 22.0 Å². The number of aryl methyl sites for hydroxylation is 1. The molecule has 1 aromatic rings. The van der Waals surface area contributed by atoms with Crippen molar-refractivity contribution in [3.63, 3.8) is 0 Å². The van der Waals surface area contributed by atoms with E-state index in [9.17, 15) is 0 Å². The molecule has 0 radical (unpaired) electrons. The van der Waals surface area contributed by atoms with E-state index in [2.05, 4.69) is 15.9 Å². The van der Waals surface area contributed by atoms with Crippen LogP contribution in [-0.2, 0) is 0 Å². The van der Waals surface area contributed by atoms with Crippen LogP contribution in [-0.4, -0.2) is 0 Å². The fraction of sp³-hybridized carbons (Fsp3) is 0.250. The van der Waals surface area contributed by atoms with Gasteiger partial charge in [-0.25, -0.2) is 0 Å². The van der Waals surface area contributed by atoms with Crippen molar-refractivity contribution in [2.45, 2.75) is 11.8 Å². The Morgan fingerprint density at radius 1 is 1.36 bits per heavy atom. The van der Waals surface area contributed by atoms with Crippen LogP contribution in [0.4, 0.5) is 0 Å². The van der Waals surface area contributed by atoms with E-state index in [4.69, 9.17) is 23.2 Å². The number of hydrogen-bond donors (Lipinski definition) is 0. The first-order valence-corrected chi connectivity index (χ1v) is 4.82. The second kappa shape index (κ2) is 3.79. The summed E-state index contributed by atoms with van der Waals surface area (Å²) in [5.41, 5.74) is 2.07. The average Bonchev–Trinajstić information content (AvgIpc) is 1.85. The van der Waals surface area contributed by atoms with Crippen LogP contribution in [0.25, 0.3) is 0 Å². The Bertz CT molecular complexity index is 258. The van der Waals surface area contributed by atoms with Crippen LogP contribution in [0.15, 0.2) is 22.7 Å². The lowest BCUT2D eigenvalue weighted by Crippen LogP contribution is -1.86. The van der Waals surface area contributed by atoms with E-state index in [1.165, 1.54) is 0 Å². The minimum atomic E-state index is -0.428. The first-order valence-electron chi connectivity index (χ1n) is 3.15. The Kier molecular flexibility index (Phi) is 3.23. The fourth-order valence-electron chi connectivity index (χ4n) is 0.884. The molecular weight excluding hydrogens is 247 g/mol. The maximum atomic E-state index is 5.71. The molecule has 0 aliphatic carbocycles. The molecule has 60 valence electrons. The Morgan fingerprint density at radius 3 is 2.45 bits per heavy atom. The lowest BCUT2D eigenvalue weighted by molar-refractivity contribution is 1.26. The van der Waals surface area contributed by atoms with Gasteiger partial charge in [0.25, 0.3) is 0 Å². The van der Waals surface area contributed by atoms with E-state index in [1.54, 1.807) is 0 Å².